The van der Waals surface area contributed by atoms with E-state index in [1.807, 2.05) is 6.92 Å². The molecule has 0 saturated heterocycles. The molecule has 0 aromatic heterocycles. The standard InChI is InChI=1S/C26H26ClN3O6S/c1-17-4-8-21(9-5-17)37(32,33)30(20-7-11-23(34-3)22(27)15-20)16-26(31)29-28-18(2)19-6-10-24-25(14-19)36-13-12-35-24/h4-11,14-15H,12-13,16H2,1-3H3,(H,29,31)/b28-18-. The van der Waals surface area contributed by atoms with Crippen LogP contribution in [-0.2, 0) is 14.8 Å². The second-order valence-corrected chi connectivity index (χ2v) is 10.5. The van der Waals surface area contributed by atoms with Crippen molar-refractivity contribution in [2.45, 2.75) is 18.7 Å². The topological polar surface area (TPSA) is 107 Å². The number of rotatable bonds is 8. The number of nitrogens with zero attached hydrogens (tertiary/aromatic N) is 2. The zero-order chi connectivity index (χ0) is 26.6. The molecule has 0 bridgehead atoms. The molecule has 0 unspecified atom stereocenters. The van der Waals surface area contributed by atoms with Crippen LogP contribution in [-0.4, -0.2) is 46.9 Å². The Morgan fingerprint density at radius 3 is 2.43 bits per heavy atom. The monoisotopic (exact) mass is 543 g/mol. The predicted molar refractivity (Wildman–Crippen MR) is 142 cm³/mol. The van der Waals surface area contributed by atoms with Crippen LogP contribution in [0.5, 0.6) is 17.2 Å². The number of anilines is 1. The van der Waals surface area contributed by atoms with Crippen LogP contribution < -0.4 is 23.9 Å². The molecule has 11 heteroatoms. The number of hydrogen-bond donors (Lipinski definition) is 1. The summed E-state index contributed by atoms with van der Waals surface area (Å²) in [5.41, 5.74) is 4.77. The Labute approximate surface area is 220 Å². The number of hydrogen-bond acceptors (Lipinski definition) is 7. The Bertz CT molecular complexity index is 1440. The Morgan fingerprint density at radius 2 is 1.76 bits per heavy atom. The lowest BCUT2D eigenvalue weighted by atomic mass is 10.1. The summed E-state index contributed by atoms with van der Waals surface area (Å²) in [7, 11) is -2.65. The van der Waals surface area contributed by atoms with Crippen molar-refractivity contribution in [1.29, 1.82) is 0 Å². The summed E-state index contributed by atoms with van der Waals surface area (Å²) >= 11 is 6.26. The average Bonchev–Trinajstić information content (AvgIpc) is 2.90. The van der Waals surface area contributed by atoms with E-state index in [0.29, 0.717) is 36.2 Å². The van der Waals surface area contributed by atoms with Crippen LogP contribution in [0.2, 0.25) is 5.02 Å². The van der Waals surface area contributed by atoms with Gasteiger partial charge < -0.3 is 14.2 Å². The molecule has 1 N–H and O–H groups in total. The van der Waals surface area contributed by atoms with Gasteiger partial charge in [0, 0.05) is 5.56 Å². The molecular formula is C26H26ClN3O6S. The van der Waals surface area contributed by atoms with Gasteiger partial charge in [-0.1, -0.05) is 29.3 Å². The summed E-state index contributed by atoms with van der Waals surface area (Å²) in [5, 5.41) is 4.36. The number of aryl methyl sites for hydroxylation is 1. The molecule has 194 valence electrons. The number of halogens is 1. The molecule has 1 aliphatic heterocycles. The highest BCUT2D eigenvalue weighted by atomic mass is 35.5. The first-order chi connectivity index (χ1) is 17.7. The number of carbonyl (C=O) groups is 1. The lowest BCUT2D eigenvalue weighted by Crippen LogP contribution is -2.39. The third kappa shape index (κ3) is 5.98. The summed E-state index contributed by atoms with van der Waals surface area (Å²) in [6.45, 7) is 3.97. The van der Waals surface area contributed by atoms with Crippen molar-refractivity contribution in [1.82, 2.24) is 5.43 Å². The van der Waals surface area contributed by atoms with Crippen molar-refractivity contribution in [2.75, 3.05) is 31.2 Å². The largest absolute Gasteiger partial charge is 0.495 e. The zero-order valence-corrected chi connectivity index (χ0v) is 22.1. The van der Waals surface area contributed by atoms with E-state index in [1.165, 1.54) is 37.4 Å². The van der Waals surface area contributed by atoms with Gasteiger partial charge in [0.25, 0.3) is 15.9 Å². The van der Waals surface area contributed by atoms with Crippen molar-refractivity contribution < 1.29 is 27.4 Å². The second-order valence-electron chi connectivity index (χ2n) is 8.23. The quantitative estimate of drug-likeness (QED) is 0.338. The van der Waals surface area contributed by atoms with Gasteiger partial charge in [-0.25, -0.2) is 13.8 Å². The minimum atomic E-state index is -4.11. The fourth-order valence-electron chi connectivity index (χ4n) is 3.61. The molecule has 1 heterocycles. The Hall–Kier alpha value is -3.76. The molecule has 1 amide bonds. The van der Waals surface area contributed by atoms with Gasteiger partial charge in [-0.15, -0.1) is 0 Å². The Kier molecular flexibility index (Phi) is 7.89. The number of ether oxygens (including phenoxy) is 3. The third-order valence-electron chi connectivity index (χ3n) is 5.63. The van der Waals surface area contributed by atoms with E-state index < -0.39 is 22.5 Å². The van der Waals surface area contributed by atoms with Gasteiger partial charge in [-0.2, -0.15) is 5.10 Å². The van der Waals surface area contributed by atoms with E-state index in [0.717, 1.165) is 15.4 Å². The Balaban J connectivity index is 1.59. The van der Waals surface area contributed by atoms with Gasteiger partial charge in [-0.05, 0) is 62.4 Å². The predicted octanol–water partition coefficient (Wildman–Crippen LogP) is 4.16. The minimum absolute atomic E-state index is 0.0359. The van der Waals surface area contributed by atoms with Crippen LogP contribution in [0.4, 0.5) is 5.69 Å². The highest BCUT2D eigenvalue weighted by Gasteiger charge is 2.28. The summed E-state index contributed by atoms with van der Waals surface area (Å²) in [5.74, 6) is 0.972. The molecule has 9 nitrogen and oxygen atoms in total. The average molecular weight is 544 g/mol. The van der Waals surface area contributed by atoms with Crippen molar-refractivity contribution in [2.24, 2.45) is 5.10 Å². The molecule has 0 atom stereocenters. The van der Waals surface area contributed by atoms with E-state index in [-0.39, 0.29) is 15.6 Å². The lowest BCUT2D eigenvalue weighted by molar-refractivity contribution is -0.119. The molecule has 1 aliphatic rings. The smallest absolute Gasteiger partial charge is 0.264 e. The third-order valence-corrected chi connectivity index (χ3v) is 7.71. The van der Waals surface area contributed by atoms with Gasteiger partial charge in [0.1, 0.15) is 25.5 Å². The molecule has 0 radical (unpaired) electrons. The number of fused-ring (bicyclic) bond motifs is 1. The minimum Gasteiger partial charge on any atom is -0.495 e. The fraction of sp³-hybridized carbons (Fsp3) is 0.231. The van der Waals surface area contributed by atoms with Gasteiger partial charge in [0.2, 0.25) is 0 Å². The first kappa shape index (κ1) is 26.3. The second kappa shape index (κ2) is 11.1. The highest BCUT2D eigenvalue weighted by molar-refractivity contribution is 7.92. The maximum absolute atomic E-state index is 13.6. The molecular weight excluding hydrogens is 518 g/mol. The summed E-state index contributed by atoms with van der Waals surface area (Å²) in [6.07, 6.45) is 0. The van der Waals surface area contributed by atoms with Crippen molar-refractivity contribution in [3.63, 3.8) is 0 Å². The van der Waals surface area contributed by atoms with Gasteiger partial charge >= 0.3 is 0 Å². The molecule has 3 aromatic carbocycles. The van der Waals surface area contributed by atoms with Crippen LogP contribution in [0.1, 0.15) is 18.1 Å². The Morgan fingerprint density at radius 1 is 1.05 bits per heavy atom. The number of nitrogens with one attached hydrogen (secondary N) is 1. The molecule has 0 aliphatic carbocycles. The normalized spacial score (nSPS) is 13.1. The van der Waals surface area contributed by atoms with Crippen LogP contribution >= 0.6 is 11.6 Å². The van der Waals surface area contributed by atoms with E-state index in [2.05, 4.69) is 10.5 Å². The van der Waals surface area contributed by atoms with Gasteiger partial charge in [0.15, 0.2) is 11.5 Å². The zero-order valence-electron chi connectivity index (χ0n) is 20.5. The molecule has 3 aromatic rings. The van der Waals surface area contributed by atoms with Gasteiger partial charge in [0.05, 0.1) is 28.4 Å². The summed E-state index contributed by atoms with van der Waals surface area (Å²) < 4.78 is 44.4. The van der Waals surface area contributed by atoms with E-state index in [9.17, 15) is 13.2 Å². The van der Waals surface area contributed by atoms with Crippen LogP contribution in [0.25, 0.3) is 0 Å². The number of benzene rings is 3. The van der Waals surface area contributed by atoms with Crippen LogP contribution in [0, 0.1) is 6.92 Å². The fourth-order valence-corrected chi connectivity index (χ4v) is 5.27. The first-order valence-electron chi connectivity index (χ1n) is 11.3. The number of hydrazone groups is 1. The first-order valence-corrected chi connectivity index (χ1v) is 13.2. The summed E-state index contributed by atoms with van der Waals surface area (Å²) in [4.78, 5) is 12.9. The van der Waals surface area contributed by atoms with Crippen LogP contribution in [0.3, 0.4) is 0 Å². The van der Waals surface area contributed by atoms with Crippen LogP contribution in [0.15, 0.2) is 70.7 Å². The maximum atomic E-state index is 13.6. The number of amides is 1. The van der Waals surface area contributed by atoms with Gasteiger partial charge in [-0.3, -0.25) is 9.10 Å². The lowest BCUT2D eigenvalue weighted by Gasteiger charge is -2.24. The van der Waals surface area contributed by atoms with Crippen molar-refractivity contribution in [3.8, 4) is 17.2 Å². The highest BCUT2D eigenvalue weighted by Crippen LogP contribution is 2.32. The molecule has 4 rings (SSSR count). The summed E-state index contributed by atoms with van der Waals surface area (Å²) in [6, 6.07) is 16.2. The van der Waals surface area contributed by atoms with Crippen molar-refractivity contribution >= 4 is 38.9 Å². The number of methoxy groups -OCH3 is 1. The SMILES string of the molecule is COc1ccc(N(CC(=O)N/N=C(/C)c2ccc3c(c2)OCCO3)S(=O)(=O)c2ccc(C)cc2)cc1Cl. The molecule has 0 spiro atoms. The number of carbonyl (C=O) groups excluding carboxylic acids is 1. The van der Waals surface area contributed by atoms with E-state index in [4.69, 9.17) is 25.8 Å². The van der Waals surface area contributed by atoms with E-state index in [1.54, 1.807) is 37.3 Å². The van der Waals surface area contributed by atoms with E-state index >= 15 is 0 Å². The molecule has 0 fully saturated rings. The molecule has 0 saturated carbocycles. The van der Waals surface area contributed by atoms with Crippen molar-refractivity contribution in [3.05, 3.63) is 76.8 Å². The number of sulfonamides is 1. The molecule has 37 heavy (non-hydrogen) atoms. The maximum Gasteiger partial charge on any atom is 0.264 e.